The maximum atomic E-state index is 14.5. The number of hydrogen-bond acceptors (Lipinski definition) is 7. The van der Waals surface area contributed by atoms with Crippen molar-refractivity contribution >= 4 is 17.6 Å². The van der Waals surface area contributed by atoms with E-state index in [4.69, 9.17) is 15.2 Å². The molecule has 1 aromatic heterocycles. The summed E-state index contributed by atoms with van der Waals surface area (Å²) in [7, 11) is 1.31. The van der Waals surface area contributed by atoms with E-state index in [1.807, 2.05) is 0 Å². The van der Waals surface area contributed by atoms with Gasteiger partial charge in [-0.2, -0.15) is 13.2 Å². The Morgan fingerprint density at radius 1 is 1.24 bits per heavy atom. The van der Waals surface area contributed by atoms with Crippen LogP contribution in [-0.4, -0.2) is 48.5 Å². The van der Waals surface area contributed by atoms with Gasteiger partial charge in [-0.25, -0.2) is 14.2 Å². The number of fused-ring (bicyclic) bond motifs is 2. The van der Waals surface area contributed by atoms with E-state index in [9.17, 15) is 32.3 Å². The van der Waals surface area contributed by atoms with Gasteiger partial charge in [0.2, 0.25) is 5.60 Å². The third kappa shape index (κ3) is 5.00. The van der Waals surface area contributed by atoms with Gasteiger partial charge in [-0.05, 0) is 55.0 Å². The summed E-state index contributed by atoms with van der Waals surface area (Å²) in [5, 5.41) is 18.3. The number of aliphatic hydroxyl groups is 1. The second-order valence-electron chi connectivity index (χ2n) is 10.0. The van der Waals surface area contributed by atoms with E-state index in [0.29, 0.717) is 11.3 Å². The Kier molecular flexibility index (Phi) is 6.78. The molecular formula is C27H25F4N5O5. The molecule has 6 N–H and O–H groups in total. The number of amides is 3. The third-order valence-electron chi connectivity index (χ3n) is 6.96. The first-order chi connectivity index (χ1) is 19.2. The third-order valence-corrected chi connectivity index (χ3v) is 6.96. The molecule has 2 unspecified atom stereocenters. The molecule has 0 saturated carbocycles. The number of carbonyl (C=O) groups is 2. The topological polar surface area (TPSA) is 148 Å². The molecule has 3 amide bonds. The number of nitrogens with one attached hydrogen (secondary N) is 3. The van der Waals surface area contributed by atoms with Crippen LogP contribution in [0.1, 0.15) is 34.1 Å². The number of alkyl halides is 3. The van der Waals surface area contributed by atoms with Crippen LogP contribution in [0.3, 0.4) is 0 Å². The Morgan fingerprint density at radius 3 is 2.61 bits per heavy atom. The van der Waals surface area contributed by atoms with Gasteiger partial charge in [0.05, 0.1) is 30.6 Å². The second-order valence-corrected chi connectivity index (χ2v) is 10.0. The highest BCUT2D eigenvalue weighted by Gasteiger charge is 2.57. The van der Waals surface area contributed by atoms with Crippen LogP contribution in [0.25, 0.3) is 11.3 Å². The predicted molar refractivity (Wildman–Crippen MR) is 138 cm³/mol. The number of ether oxygens (including phenoxy) is 2. The lowest BCUT2D eigenvalue weighted by Gasteiger charge is -2.31. The number of anilines is 1. The lowest BCUT2D eigenvalue weighted by atomic mass is 9.89. The Balaban J connectivity index is 1.53. The van der Waals surface area contributed by atoms with Crippen molar-refractivity contribution in [3.8, 4) is 22.8 Å². The van der Waals surface area contributed by atoms with Gasteiger partial charge < -0.3 is 36.3 Å². The Bertz CT molecular complexity index is 1530. The molecule has 0 spiro atoms. The number of carbonyl (C=O) groups excluding carboxylic acids is 2. The van der Waals surface area contributed by atoms with Gasteiger partial charge in [-0.1, -0.05) is 0 Å². The summed E-state index contributed by atoms with van der Waals surface area (Å²) >= 11 is 0. The molecule has 41 heavy (non-hydrogen) atoms. The van der Waals surface area contributed by atoms with Crippen molar-refractivity contribution in [2.75, 3.05) is 25.6 Å². The number of rotatable bonds is 6. The van der Waals surface area contributed by atoms with Crippen molar-refractivity contribution in [1.29, 1.82) is 0 Å². The van der Waals surface area contributed by atoms with E-state index >= 15 is 0 Å². The van der Waals surface area contributed by atoms with Crippen molar-refractivity contribution in [1.82, 2.24) is 15.6 Å². The fourth-order valence-corrected chi connectivity index (χ4v) is 4.64. The average molecular weight is 576 g/mol. The standard InChI is InChI=1S/C27H25F4N5O5/c1-25(32)12-41-22-17(25)9-19(35-21(22)13-3-5-16(28)6-4-13)26(39,27(29,30)31)11-34-23(37)14-7-15-10-33-24(38)36-20(15)18(8-14)40-2/h3-9,39H,10-12,32H2,1-2H3,(H,34,37)(H2,33,36,38). The first kappa shape index (κ1) is 28.1. The zero-order chi connectivity index (χ0) is 29.7. The minimum absolute atomic E-state index is 0.0519. The molecule has 3 heterocycles. The summed E-state index contributed by atoms with van der Waals surface area (Å²) in [5.74, 6) is -1.28. The largest absolute Gasteiger partial charge is 0.495 e. The number of hydrogen-bond donors (Lipinski definition) is 5. The van der Waals surface area contributed by atoms with Crippen LogP contribution in [0.15, 0.2) is 42.5 Å². The number of halogens is 4. The van der Waals surface area contributed by atoms with E-state index in [1.165, 1.54) is 31.4 Å². The maximum Gasteiger partial charge on any atom is 0.424 e. The van der Waals surface area contributed by atoms with Gasteiger partial charge in [-0.15, -0.1) is 0 Å². The fourth-order valence-electron chi connectivity index (χ4n) is 4.64. The lowest BCUT2D eigenvalue weighted by molar-refractivity contribution is -0.265. The maximum absolute atomic E-state index is 14.5. The summed E-state index contributed by atoms with van der Waals surface area (Å²) in [6.07, 6.45) is -5.30. The fraction of sp³-hybridized carbons (Fsp3) is 0.296. The predicted octanol–water partition coefficient (Wildman–Crippen LogP) is 3.28. The van der Waals surface area contributed by atoms with Crippen molar-refractivity contribution < 1.29 is 41.7 Å². The molecule has 216 valence electrons. The summed E-state index contributed by atoms with van der Waals surface area (Å²) in [4.78, 5) is 28.8. The monoisotopic (exact) mass is 575 g/mol. The van der Waals surface area contributed by atoms with Crippen molar-refractivity contribution in [3.63, 3.8) is 0 Å². The molecule has 2 aromatic carbocycles. The number of nitrogens with zero attached hydrogens (tertiary/aromatic N) is 1. The van der Waals surface area contributed by atoms with Gasteiger partial charge >= 0.3 is 12.2 Å². The van der Waals surface area contributed by atoms with E-state index in [1.54, 1.807) is 6.92 Å². The summed E-state index contributed by atoms with van der Waals surface area (Å²) in [5.41, 5.74) is 1.61. The van der Waals surface area contributed by atoms with Crippen molar-refractivity contribution in [2.45, 2.75) is 30.8 Å². The molecule has 2 atom stereocenters. The van der Waals surface area contributed by atoms with Crippen LogP contribution in [0.5, 0.6) is 11.5 Å². The molecular weight excluding hydrogens is 550 g/mol. The minimum atomic E-state index is -5.30. The first-order valence-electron chi connectivity index (χ1n) is 12.3. The molecule has 5 rings (SSSR count). The van der Waals surface area contributed by atoms with Gasteiger partial charge in [0.25, 0.3) is 5.91 Å². The molecule has 0 fully saturated rings. The molecule has 0 aliphatic carbocycles. The Labute approximate surface area is 230 Å². The molecule has 2 aliphatic heterocycles. The first-order valence-corrected chi connectivity index (χ1v) is 12.3. The number of urea groups is 1. The SMILES string of the molecule is COc1cc(C(=O)NCC(O)(c2cc3c(c(-c4ccc(F)cc4)n2)OCC3(C)N)C(F)(F)F)cc2c1NC(=O)NC2. The number of benzene rings is 2. The van der Waals surface area contributed by atoms with Crippen LogP contribution < -0.4 is 31.2 Å². The molecule has 14 heteroatoms. The van der Waals surface area contributed by atoms with Crippen LogP contribution >= 0.6 is 0 Å². The van der Waals surface area contributed by atoms with Crippen LogP contribution in [0.2, 0.25) is 0 Å². The highest BCUT2D eigenvalue weighted by molar-refractivity contribution is 5.99. The normalized spacial score (nSPS) is 19.2. The second kappa shape index (κ2) is 9.89. The van der Waals surface area contributed by atoms with Gasteiger partial charge in [0.1, 0.15) is 23.9 Å². The van der Waals surface area contributed by atoms with Crippen molar-refractivity contribution in [2.24, 2.45) is 5.73 Å². The zero-order valence-electron chi connectivity index (χ0n) is 21.8. The lowest BCUT2D eigenvalue weighted by Crippen LogP contribution is -2.51. The van der Waals surface area contributed by atoms with Crippen LogP contribution in [-0.2, 0) is 17.7 Å². The van der Waals surface area contributed by atoms with Crippen LogP contribution in [0.4, 0.5) is 28.0 Å². The Morgan fingerprint density at radius 2 is 1.95 bits per heavy atom. The van der Waals surface area contributed by atoms with E-state index in [0.717, 1.165) is 18.2 Å². The van der Waals surface area contributed by atoms with E-state index in [-0.39, 0.29) is 47.0 Å². The number of pyridine rings is 1. The molecule has 2 aliphatic rings. The van der Waals surface area contributed by atoms with E-state index in [2.05, 4.69) is 20.9 Å². The summed E-state index contributed by atoms with van der Waals surface area (Å²) < 4.78 is 68.1. The van der Waals surface area contributed by atoms with E-state index < -0.39 is 47.3 Å². The molecule has 10 nitrogen and oxygen atoms in total. The van der Waals surface area contributed by atoms with Gasteiger partial charge in [-0.3, -0.25) is 4.79 Å². The van der Waals surface area contributed by atoms with Gasteiger partial charge in [0.15, 0.2) is 5.75 Å². The number of methoxy groups -OCH3 is 1. The molecule has 0 saturated heterocycles. The average Bonchev–Trinajstić information content (AvgIpc) is 3.24. The summed E-state index contributed by atoms with van der Waals surface area (Å²) in [6, 6.07) is 7.99. The smallest absolute Gasteiger partial charge is 0.424 e. The summed E-state index contributed by atoms with van der Waals surface area (Å²) in [6.45, 7) is 0.224. The quantitative estimate of drug-likeness (QED) is 0.284. The molecule has 0 radical (unpaired) electrons. The minimum Gasteiger partial charge on any atom is -0.495 e. The molecule has 0 bridgehead atoms. The van der Waals surface area contributed by atoms with Crippen LogP contribution in [0, 0.1) is 5.82 Å². The highest BCUT2D eigenvalue weighted by atomic mass is 19.4. The van der Waals surface area contributed by atoms with Gasteiger partial charge in [0, 0.05) is 23.2 Å². The van der Waals surface area contributed by atoms with Crippen molar-refractivity contribution in [3.05, 3.63) is 70.7 Å². The number of aromatic nitrogens is 1. The number of nitrogens with two attached hydrogens (primary N) is 1. The zero-order valence-corrected chi connectivity index (χ0v) is 21.8. The highest BCUT2D eigenvalue weighted by Crippen LogP contribution is 2.46. The Hall–Kier alpha value is -4.43. The molecule has 3 aromatic rings.